The molecule has 0 unspecified atom stereocenters. The molecule has 1 aromatic heterocycles. The van der Waals surface area contributed by atoms with Gasteiger partial charge in [0, 0.05) is 57.8 Å². The zero-order valence-corrected chi connectivity index (χ0v) is 18.1. The zero-order valence-electron chi connectivity index (χ0n) is 12.8. The topological polar surface area (TPSA) is 54.0 Å². The quantitative estimate of drug-likeness (QED) is 0.415. The maximum atomic E-state index is 12.0. The van der Waals surface area contributed by atoms with E-state index in [1.807, 2.05) is 37.3 Å². The second-order valence-electron chi connectivity index (χ2n) is 4.86. The molecule has 0 bridgehead atoms. The molecule has 1 radical (unpaired) electrons. The Bertz CT molecular complexity index is 870. The molecule has 24 heavy (non-hydrogen) atoms. The molecule has 3 aromatic rings. The minimum atomic E-state index is -0.322. The number of urea groups is 1. The predicted octanol–water partition coefficient (Wildman–Crippen LogP) is 4.83. The average molecular weight is 484 g/mol. The van der Waals surface area contributed by atoms with Crippen molar-refractivity contribution in [3.8, 4) is 0 Å². The normalized spacial score (nSPS) is 10.1. The van der Waals surface area contributed by atoms with Gasteiger partial charge in [-0.1, -0.05) is 29.8 Å². The number of fused-ring (bicyclic) bond motifs is 1. The zero-order chi connectivity index (χ0) is 16.2. The number of anilines is 1. The van der Waals surface area contributed by atoms with Crippen molar-refractivity contribution < 1.29 is 46.1 Å². The first kappa shape index (κ1) is 19.4. The summed E-state index contributed by atoms with van der Waals surface area (Å²) in [5.74, 6) is 0. The Kier molecular flexibility index (Phi) is 7.29. The minimum absolute atomic E-state index is 0. The maximum absolute atomic E-state index is 12.0. The van der Waals surface area contributed by atoms with Gasteiger partial charge < -0.3 is 5.32 Å². The van der Waals surface area contributed by atoms with Crippen LogP contribution in [0.4, 0.5) is 10.5 Å². The van der Waals surface area contributed by atoms with Crippen LogP contribution in [0, 0.1) is 54.3 Å². The largest absolute Gasteiger partial charge is 0.331 e. The Morgan fingerprint density at radius 3 is 2.92 bits per heavy atom. The molecule has 2 amide bonds. The first-order chi connectivity index (χ1) is 11.1. The fourth-order valence-corrected chi connectivity index (χ4v) is 3.02. The van der Waals surface area contributed by atoms with Crippen molar-refractivity contribution in [2.75, 3.05) is 5.32 Å². The van der Waals surface area contributed by atoms with Crippen molar-refractivity contribution in [1.82, 2.24) is 9.71 Å². The van der Waals surface area contributed by atoms with Crippen LogP contribution in [0.5, 0.6) is 0 Å². The molecule has 0 saturated carbocycles. The van der Waals surface area contributed by atoms with Gasteiger partial charge in [-0.05, 0) is 30.1 Å². The molecule has 1 heterocycles. The van der Waals surface area contributed by atoms with E-state index >= 15 is 0 Å². The molecule has 3 rings (SSSR count). The molecule has 2 aromatic carbocycles. The Morgan fingerprint density at radius 1 is 1.29 bits per heavy atom. The number of rotatable bonds is 3. The van der Waals surface area contributed by atoms with Crippen molar-refractivity contribution in [2.45, 2.75) is 11.8 Å². The van der Waals surface area contributed by atoms with E-state index in [9.17, 15) is 4.79 Å². The van der Waals surface area contributed by atoms with E-state index < -0.39 is 0 Å². The molecule has 0 saturated heterocycles. The van der Waals surface area contributed by atoms with E-state index in [0.717, 1.165) is 21.4 Å². The van der Waals surface area contributed by atoms with Gasteiger partial charge in [0.05, 0.1) is 5.52 Å². The molecule has 119 valence electrons. The van der Waals surface area contributed by atoms with Gasteiger partial charge in [-0.3, -0.25) is 9.71 Å². The minimum Gasteiger partial charge on any atom is -0.331 e. The Hall–Kier alpha value is -0.876. The van der Waals surface area contributed by atoms with Gasteiger partial charge in [-0.2, -0.15) is 23.7 Å². The monoisotopic (exact) mass is 483 g/mol. The number of hydrogen-bond acceptors (Lipinski definition) is 3. The Balaban J connectivity index is 0.00000208. The second-order valence-corrected chi connectivity index (χ2v) is 6.14. The van der Waals surface area contributed by atoms with Gasteiger partial charge in [0.25, 0.3) is 0 Å². The number of nitrogens with zero attached hydrogens (tertiary/aromatic N) is 1. The summed E-state index contributed by atoms with van der Waals surface area (Å²) in [6, 6.07) is 15.6. The Morgan fingerprint density at radius 2 is 2.12 bits per heavy atom. The summed E-state index contributed by atoms with van der Waals surface area (Å²) in [6.45, 7) is 1.86. The smallest absolute Gasteiger partial charge is 0.327 e. The fraction of sp³-hybridized carbons (Fsp3) is 0.0588. The van der Waals surface area contributed by atoms with Crippen molar-refractivity contribution in [3.05, 3.63) is 65.3 Å². The van der Waals surface area contributed by atoms with Crippen LogP contribution in [-0.2, 0) is 0 Å². The first-order valence-corrected chi connectivity index (χ1v) is 8.08. The summed E-state index contributed by atoms with van der Waals surface area (Å²) in [5, 5.41) is 4.34. The van der Waals surface area contributed by atoms with E-state index in [4.69, 9.17) is 11.6 Å². The summed E-state index contributed by atoms with van der Waals surface area (Å²) < 4.78 is 2.77. The summed E-state index contributed by atoms with van der Waals surface area (Å²) in [6.07, 6.45) is 1.75. The fourth-order valence-electron chi connectivity index (χ4n) is 2.11. The average Bonchev–Trinajstić information content (AvgIpc) is 2.55. The summed E-state index contributed by atoms with van der Waals surface area (Å²) in [7, 11) is 0. The molecule has 0 aliphatic heterocycles. The van der Waals surface area contributed by atoms with Gasteiger partial charge in [-0.25, -0.2) is 4.79 Å². The number of aryl methyl sites for hydroxylation is 1. The molecule has 0 aliphatic rings. The third-order valence-electron chi connectivity index (χ3n) is 3.20. The molecule has 0 aliphatic carbocycles. The molecule has 2 N–H and O–H groups in total. The second kappa shape index (κ2) is 9.00. The molecule has 7 heteroatoms. The Labute approximate surface area is 182 Å². The van der Waals surface area contributed by atoms with Crippen molar-refractivity contribution in [1.29, 1.82) is 0 Å². The number of amides is 2. The van der Waals surface area contributed by atoms with Crippen molar-refractivity contribution >= 4 is 46.2 Å². The van der Waals surface area contributed by atoms with Crippen LogP contribution in [0.1, 0.15) is 5.56 Å². The van der Waals surface area contributed by atoms with E-state index in [0.29, 0.717) is 10.7 Å². The number of hydrogen-bond donors (Lipinski definition) is 2. The van der Waals surface area contributed by atoms with E-state index in [2.05, 4.69) is 21.1 Å². The number of nitrogens with one attached hydrogen (secondary N) is 2. The van der Waals surface area contributed by atoms with Crippen LogP contribution >= 0.6 is 23.5 Å². The third kappa shape index (κ3) is 4.82. The standard InChI is InChI=1S/C17H13ClN3OS.Pr/c1-11-10-12(18)7-8-14(11)20-17(22)21-23-16-6-2-5-15-13(16)4-3-9-19-15;/h2-7,9-10H,1H3,(H2,20,21,22);/q-1;. The van der Waals surface area contributed by atoms with Gasteiger partial charge in [0.15, 0.2) is 0 Å². The van der Waals surface area contributed by atoms with Crippen LogP contribution in [0.2, 0.25) is 5.02 Å². The van der Waals surface area contributed by atoms with Gasteiger partial charge in [0.1, 0.15) is 0 Å². The van der Waals surface area contributed by atoms with Crippen LogP contribution in [-0.4, -0.2) is 11.0 Å². The number of carbonyl (C=O) groups is 1. The molecule has 0 fully saturated rings. The first-order valence-electron chi connectivity index (χ1n) is 6.89. The van der Waals surface area contributed by atoms with E-state index in [1.54, 1.807) is 18.3 Å². The number of aromatic nitrogens is 1. The van der Waals surface area contributed by atoms with Gasteiger partial charge in [0.2, 0.25) is 0 Å². The SMILES string of the molecule is Cc1cc(Cl)c[c-]c1NC(=O)NSc1cccc2ncccc12.[Pr]. The third-order valence-corrected chi connectivity index (χ3v) is 4.28. The number of carbonyl (C=O) groups excluding carboxylic acids is 1. The van der Waals surface area contributed by atoms with Crippen molar-refractivity contribution in [2.24, 2.45) is 0 Å². The number of pyridine rings is 1. The summed E-state index contributed by atoms with van der Waals surface area (Å²) in [5.41, 5.74) is 2.35. The van der Waals surface area contributed by atoms with Crippen LogP contribution in [0.3, 0.4) is 0 Å². The molecule has 0 atom stereocenters. The van der Waals surface area contributed by atoms with Gasteiger partial charge in [-0.15, -0.1) is 11.6 Å². The van der Waals surface area contributed by atoms with Crippen LogP contribution in [0.25, 0.3) is 10.9 Å². The summed E-state index contributed by atoms with van der Waals surface area (Å²) in [4.78, 5) is 17.3. The molecule has 4 nitrogen and oxygen atoms in total. The maximum Gasteiger partial charge on any atom is 0.327 e. The van der Waals surface area contributed by atoms with Crippen LogP contribution in [0.15, 0.2) is 53.6 Å². The number of halogens is 1. The predicted molar refractivity (Wildman–Crippen MR) is 94.8 cm³/mol. The number of benzene rings is 2. The molecular formula is C17H13ClN3OPrS-. The summed E-state index contributed by atoms with van der Waals surface area (Å²) >= 11 is 7.12. The molecule has 0 spiro atoms. The molecular weight excluding hydrogens is 471 g/mol. The van der Waals surface area contributed by atoms with Gasteiger partial charge >= 0.3 is 6.03 Å². The van der Waals surface area contributed by atoms with Crippen LogP contribution < -0.4 is 10.0 Å². The van der Waals surface area contributed by atoms with E-state index in [1.165, 1.54) is 11.9 Å². The van der Waals surface area contributed by atoms with Crippen molar-refractivity contribution in [3.63, 3.8) is 0 Å². The van der Waals surface area contributed by atoms with E-state index in [-0.39, 0.29) is 47.3 Å².